The molecule has 1 amide bonds. The summed E-state index contributed by atoms with van der Waals surface area (Å²) >= 11 is 0. The third kappa shape index (κ3) is 4.67. The van der Waals surface area contributed by atoms with Gasteiger partial charge in [-0.15, -0.1) is 0 Å². The van der Waals surface area contributed by atoms with Gasteiger partial charge in [0.25, 0.3) is 5.56 Å². The third-order valence-electron chi connectivity index (χ3n) is 7.12. The number of hydrogen-bond acceptors (Lipinski definition) is 4. The quantitative estimate of drug-likeness (QED) is 0.560. The normalized spacial score (nSPS) is 16.8. The van der Waals surface area contributed by atoms with Gasteiger partial charge in [-0.25, -0.2) is 4.98 Å². The fourth-order valence-corrected chi connectivity index (χ4v) is 4.96. The molecule has 9 heteroatoms. The van der Waals surface area contributed by atoms with Gasteiger partial charge in [0.1, 0.15) is 5.82 Å². The summed E-state index contributed by atoms with van der Waals surface area (Å²) in [4.78, 5) is 35.4. The number of aliphatic hydroxyl groups is 1. The van der Waals surface area contributed by atoms with E-state index in [9.17, 15) is 27.9 Å². The molecule has 1 aliphatic heterocycles. The Morgan fingerprint density at radius 1 is 1.11 bits per heavy atom. The molecule has 1 fully saturated rings. The minimum absolute atomic E-state index is 0.0670. The molecule has 1 aromatic heterocycles. The Balaban J connectivity index is 1.38. The van der Waals surface area contributed by atoms with E-state index < -0.39 is 11.7 Å². The van der Waals surface area contributed by atoms with Crippen LogP contribution in [0.5, 0.6) is 0 Å². The zero-order valence-corrected chi connectivity index (χ0v) is 19.6. The van der Waals surface area contributed by atoms with Crippen molar-refractivity contribution in [3.63, 3.8) is 0 Å². The number of halogens is 3. The van der Waals surface area contributed by atoms with E-state index in [1.54, 1.807) is 0 Å². The standard InChI is InChI=1S/C27H26F3N3O3/c28-27(29,30)20-7-1-4-17(12-20)14-23(35)33-11-3-8-22-21(15-33)24(36)32-25(31-22)26(9-10-26)19-6-2-5-18(13-19)16-34/h1-2,4-7,12-13,34H,3,8-11,14-16H2,(H,31,32,36). The number of aryl methyl sites for hydroxylation is 1. The maximum Gasteiger partial charge on any atom is 0.416 e. The molecule has 0 radical (unpaired) electrons. The molecule has 1 aliphatic carbocycles. The number of fused-ring (bicyclic) bond motifs is 1. The Morgan fingerprint density at radius 3 is 2.58 bits per heavy atom. The van der Waals surface area contributed by atoms with Crippen LogP contribution in [-0.4, -0.2) is 32.4 Å². The highest BCUT2D eigenvalue weighted by Gasteiger charge is 2.48. The SMILES string of the molecule is O=C(Cc1cccc(C(F)(F)F)c1)N1CCCc2nc(C3(c4cccc(CO)c4)CC3)[nH]c(=O)c2C1. The fraction of sp³-hybridized carbons (Fsp3) is 0.370. The summed E-state index contributed by atoms with van der Waals surface area (Å²) in [5, 5.41) is 9.51. The number of carbonyl (C=O) groups excluding carboxylic acids is 1. The molecule has 0 atom stereocenters. The molecule has 3 aromatic rings. The lowest BCUT2D eigenvalue weighted by atomic mass is 9.93. The summed E-state index contributed by atoms with van der Waals surface area (Å²) in [6.45, 7) is 0.401. The minimum atomic E-state index is -4.48. The van der Waals surface area contributed by atoms with E-state index in [-0.39, 0.29) is 42.0 Å². The van der Waals surface area contributed by atoms with Crippen molar-refractivity contribution in [2.45, 2.75) is 56.8 Å². The van der Waals surface area contributed by atoms with Crippen LogP contribution in [0.25, 0.3) is 0 Å². The molecule has 0 bridgehead atoms. The second-order valence-electron chi connectivity index (χ2n) is 9.57. The Kier molecular flexibility index (Phi) is 6.20. The largest absolute Gasteiger partial charge is 0.416 e. The Bertz CT molecular complexity index is 1360. The number of nitrogens with one attached hydrogen (secondary N) is 1. The molecule has 2 aliphatic rings. The summed E-state index contributed by atoms with van der Waals surface area (Å²) in [5.74, 6) is 0.273. The van der Waals surface area contributed by atoms with Crippen molar-refractivity contribution >= 4 is 5.91 Å². The first kappa shape index (κ1) is 24.2. The highest BCUT2D eigenvalue weighted by molar-refractivity contribution is 5.79. The van der Waals surface area contributed by atoms with Crippen LogP contribution in [0.1, 0.15) is 58.6 Å². The Morgan fingerprint density at radius 2 is 1.86 bits per heavy atom. The van der Waals surface area contributed by atoms with Gasteiger partial charge in [0.15, 0.2) is 0 Å². The molecule has 2 heterocycles. The zero-order valence-electron chi connectivity index (χ0n) is 19.6. The fourth-order valence-electron chi connectivity index (χ4n) is 4.96. The van der Waals surface area contributed by atoms with Gasteiger partial charge in [0, 0.05) is 6.54 Å². The van der Waals surface area contributed by atoms with E-state index in [1.807, 2.05) is 24.3 Å². The van der Waals surface area contributed by atoms with E-state index >= 15 is 0 Å². The second kappa shape index (κ2) is 9.20. The smallest absolute Gasteiger partial charge is 0.392 e. The van der Waals surface area contributed by atoms with Crippen molar-refractivity contribution in [2.75, 3.05) is 6.54 Å². The van der Waals surface area contributed by atoms with E-state index in [1.165, 1.54) is 17.0 Å². The van der Waals surface area contributed by atoms with E-state index in [0.717, 1.165) is 36.1 Å². The molecular formula is C27H26F3N3O3. The lowest BCUT2D eigenvalue weighted by Gasteiger charge is -2.21. The lowest BCUT2D eigenvalue weighted by molar-refractivity contribution is -0.138. The molecule has 0 saturated heterocycles. The minimum Gasteiger partial charge on any atom is -0.392 e. The highest BCUT2D eigenvalue weighted by Crippen LogP contribution is 2.52. The van der Waals surface area contributed by atoms with E-state index in [4.69, 9.17) is 4.98 Å². The summed E-state index contributed by atoms with van der Waals surface area (Å²) in [7, 11) is 0. The number of carbonyl (C=O) groups is 1. The van der Waals surface area contributed by atoms with Crippen molar-refractivity contribution < 1.29 is 23.1 Å². The number of nitrogens with zero attached hydrogens (tertiary/aromatic N) is 2. The number of aliphatic hydroxyl groups excluding tert-OH is 1. The van der Waals surface area contributed by atoms with Crippen molar-refractivity contribution in [2.24, 2.45) is 0 Å². The zero-order chi connectivity index (χ0) is 25.5. The molecule has 1 saturated carbocycles. The van der Waals surface area contributed by atoms with E-state index in [2.05, 4.69) is 4.98 Å². The molecule has 5 rings (SSSR count). The van der Waals surface area contributed by atoms with Crippen LogP contribution in [0.4, 0.5) is 13.2 Å². The van der Waals surface area contributed by atoms with Crippen LogP contribution in [0, 0.1) is 0 Å². The topological polar surface area (TPSA) is 86.3 Å². The van der Waals surface area contributed by atoms with Gasteiger partial charge in [-0.1, -0.05) is 42.5 Å². The number of amides is 1. The van der Waals surface area contributed by atoms with Gasteiger partial charge in [-0.2, -0.15) is 13.2 Å². The number of hydrogen-bond donors (Lipinski definition) is 2. The lowest BCUT2D eigenvalue weighted by Crippen LogP contribution is -2.34. The first-order chi connectivity index (χ1) is 17.2. The highest BCUT2D eigenvalue weighted by atomic mass is 19.4. The van der Waals surface area contributed by atoms with Gasteiger partial charge < -0.3 is 15.0 Å². The van der Waals surface area contributed by atoms with E-state index in [0.29, 0.717) is 36.5 Å². The van der Waals surface area contributed by atoms with Crippen LogP contribution in [0.2, 0.25) is 0 Å². The summed E-state index contributed by atoms with van der Waals surface area (Å²) in [6.07, 6.45) is -1.84. The number of rotatable bonds is 5. The van der Waals surface area contributed by atoms with Crippen molar-refractivity contribution in [1.82, 2.24) is 14.9 Å². The predicted molar refractivity (Wildman–Crippen MR) is 126 cm³/mol. The number of alkyl halides is 3. The third-order valence-corrected chi connectivity index (χ3v) is 7.12. The summed E-state index contributed by atoms with van der Waals surface area (Å²) < 4.78 is 39.1. The van der Waals surface area contributed by atoms with Gasteiger partial charge in [0.05, 0.1) is 41.8 Å². The number of H-pyrrole nitrogens is 1. The van der Waals surface area contributed by atoms with Gasteiger partial charge >= 0.3 is 6.18 Å². The van der Waals surface area contributed by atoms with Crippen LogP contribution in [-0.2, 0) is 42.4 Å². The van der Waals surface area contributed by atoms with Crippen molar-refractivity contribution in [3.8, 4) is 0 Å². The molecule has 0 spiro atoms. The second-order valence-corrected chi connectivity index (χ2v) is 9.57. The molecule has 6 nitrogen and oxygen atoms in total. The Hall–Kier alpha value is -3.46. The van der Waals surface area contributed by atoms with Crippen molar-refractivity contribution in [1.29, 1.82) is 0 Å². The molecule has 0 unspecified atom stereocenters. The molecule has 2 aromatic carbocycles. The maximum absolute atomic E-state index is 13.1. The number of aromatic nitrogens is 2. The van der Waals surface area contributed by atoms with Crippen molar-refractivity contribution in [3.05, 3.63) is 98.2 Å². The molecular weight excluding hydrogens is 471 g/mol. The van der Waals surface area contributed by atoms with Gasteiger partial charge in [-0.3, -0.25) is 9.59 Å². The van der Waals surface area contributed by atoms with Gasteiger partial charge in [-0.05, 0) is 48.4 Å². The summed E-state index contributed by atoms with van der Waals surface area (Å²) in [5.41, 5.74) is 1.70. The van der Waals surface area contributed by atoms with Gasteiger partial charge in [0.2, 0.25) is 5.91 Å². The monoisotopic (exact) mass is 497 g/mol. The number of aromatic amines is 1. The van der Waals surface area contributed by atoms with Crippen LogP contribution < -0.4 is 5.56 Å². The molecule has 2 N–H and O–H groups in total. The Labute approximate surface area is 205 Å². The van der Waals surface area contributed by atoms with Crippen LogP contribution >= 0.6 is 0 Å². The molecule has 36 heavy (non-hydrogen) atoms. The summed E-state index contributed by atoms with van der Waals surface area (Å²) in [6, 6.07) is 12.4. The average molecular weight is 498 g/mol. The van der Waals surface area contributed by atoms with Crippen LogP contribution in [0.3, 0.4) is 0 Å². The number of benzene rings is 2. The predicted octanol–water partition coefficient (Wildman–Crippen LogP) is 3.88. The average Bonchev–Trinajstić information content (AvgIpc) is 3.68. The van der Waals surface area contributed by atoms with Crippen LogP contribution in [0.15, 0.2) is 53.3 Å². The first-order valence-corrected chi connectivity index (χ1v) is 12.0. The first-order valence-electron chi connectivity index (χ1n) is 12.0. The maximum atomic E-state index is 13.1. The molecule has 188 valence electrons.